The number of nitro benzene ring substituents is 1. The molecule has 7 nitrogen and oxygen atoms in total. The van der Waals surface area contributed by atoms with Gasteiger partial charge in [-0.25, -0.2) is 0 Å². The Kier molecular flexibility index (Phi) is 4.94. The molecule has 0 bridgehead atoms. The number of anilines is 2. The molecule has 2 aromatic rings. The molecule has 7 heteroatoms. The van der Waals surface area contributed by atoms with Crippen LogP contribution in [0.4, 0.5) is 17.1 Å². The van der Waals surface area contributed by atoms with E-state index >= 15 is 0 Å². The first-order valence-electron chi connectivity index (χ1n) is 8.70. The van der Waals surface area contributed by atoms with Gasteiger partial charge in [-0.2, -0.15) is 0 Å². The number of hydrogen-bond donors (Lipinski definition) is 1. The van der Waals surface area contributed by atoms with E-state index in [0.717, 1.165) is 16.8 Å². The fourth-order valence-electron chi connectivity index (χ4n) is 3.16. The van der Waals surface area contributed by atoms with Crippen LogP contribution in [0.5, 0.6) is 0 Å². The molecule has 140 valence electrons. The molecule has 0 aromatic heterocycles. The topological polar surface area (TPSA) is 92.6 Å². The third-order valence-corrected chi connectivity index (χ3v) is 4.98. The highest BCUT2D eigenvalue weighted by Crippen LogP contribution is 2.28. The molecule has 3 rings (SSSR count). The van der Waals surface area contributed by atoms with E-state index in [4.69, 9.17) is 0 Å². The standard InChI is InChI=1S/C20H21N3O4/c1-12-4-5-16(8-13(12)2)22-11-15(10-19(22)24)20(25)21-18-7-6-17(23(26)27)9-14(18)3/h4-9,15H,10-11H2,1-3H3,(H,21,25)/t15-/m1/s1. The van der Waals surface area contributed by atoms with Crippen molar-refractivity contribution in [1.29, 1.82) is 0 Å². The number of carbonyl (C=O) groups is 2. The zero-order valence-corrected chi connectivity index (χ0v) is 15.5. The van der Waals surface area contributed by atoms with Gasteiger partial charge in [0.25, 0.3) is 5.69 Å². The number of aryl methyl sites for hydroxylation is 3. The van der Waals surface area contributed by atoms with E-state index in [-0.39, 0.29) is 23.9 Å². The molecule has 1 N–H and O–H groups in total. The van der Waals surface area contributed by atoms with Gasteiger partial charge in [0, 0.05) is 36.5 Å². The lowest BCUT2D eigenvalue weighted by Crippen LogP contribution is -2.28. The Morgan fingerprint density at radius 2 is 1.85 bits per heavy atom. The van der Waals surface area contributed by atoms with Crippen LogP contribution < -0.4 is 10.2 Å². The van der Waals surface area contributed by atoms with Crippen LogP contribution in [-0.4, -0.2) is 23.3 Å². The number of nitrogens with one attached hydrogen (secondary N) is 1. The average molecular weight is 367 g/mol. The van der Waals surface area contributed by atoms with Gasteiger partial charge >= 0.3 is 0 Å². The van der Waals surface area contributed by atoms with Crippen molar-refractivity contribution in [3.63, 3.8) is 0 Å². The van der Waals surface area contributed by atoms with Gasteiger partial charge in [0.1, 0.15) is 0 Å². The molecule has 1 aliphatic heterocycles. The molecule has 1 fully saturated rings. The lowest BCUT2D eigenvalue weighted by atomic mass is 10.1. The van der Waals surface area contributed by atoms with Crippen molar-refractivity contribution in [1.82, 2.24) is 0 Å². The zero-order chi connectivity index (χ0) is 19.7. The molecule has 2 aromatic carbocycles. The summed E-state index contributed by atoms with van der Waals surface area (Å²) in [5.74, 6) is -0.806. The van der Waals surface area contributed by atoms with Crippen LogP contribution in [0.15, 0.2) is 36.4 Å². The highest BCUT2D eigenvalue weighted by molar-refractivity contribution is 6.03. The summed E-state index contributed by atoms with van der Waals surface area (Å²) in [7, 11) is 0. The SMILES string of the molecule is Cc1ccc(N2C[C@H](C(=O)Nc3ccc([N+](=O)[O-])cc3C)CC2=O)cc1C. The fourth-order valence-corrected chi connectivity index (χ4v) is 3.16. The van der Waals surface area contributed by atoms with E-state index in [0.29, 0.717) is 17.8 Å². The fraction of sp³-hybridized carbons (Fsp3) is 0.300. The smallest absolute Gasteiger partial charge is 0.269 e. The number of amides is 2. The Balaban J connectivity index is 1.72. The van der Waals surface area contributed by atoms with Gasteiger partial charge in [-0.1, -0.05) is 6.07 Å². The zero-order valence-electron chi connectivity index (χ0n) is 15.5. The number of rotatable bonds is 4. The molecule has 0 aliphatic carbocycles. The molecule has 1 heterocycles. The van der Waals surface area contributed by atoms with Crippen molar-refractivity contribution in [3.05, 3.63) is 63.2 Å². The van der Waals surface area contributed by atoms with Crippen molar-refractivity contribution in [3.8, 4) is 0 Å². The minimum absolute atomic E-state index is 0.0255. The minimum atomic E-state index is -0.477. The summed E-state index contributed by atoms with van der Waals surface area (Å²) in [6, 6.07) is 10.1. The summed E-state index contributed by atoms with van der Waals surface area (Å²) in [6.45, 7) is 6.01. The number of hydrogen-bond acceptors (Lipinski definition) is 4. The number of carbonyl (C=O) groups excluding carboxylic acids is 2. The Hall–Kier alpha value is -3.22. The second kappa shape index (κ2) is 7.19. The van der Waals surface area contributed by atoms with Crippen LogP contribution >= 0.6 is 0 Å². The largest absolute Gasteiger partial charge is 0.326 e. The first-order chi connectivity index (χ1) is 12.8. The van der Waals surface area contributed by atoms with Gasteiger partial charge < -0.3 is 10.2 Å². The van der Waals surface area contributed by atoms with E-state index in [2.05, 4.69) is 5.32 Å². The monoisotopic (exact) mass is 367 g/mol. The summed E-state index contributed by atoms with van der Waals surface area (Å²) in [4.78, 5) is 37.0. The normalized spacial score (nSPS) is 16.5. The van der Waals surface area contributed by atoms with E-state index < -0.39 is 10.8 Å². The Morgan fingerprint density at radius 3 is 2.48 bits per heavy atom. The Labute approximate surface area is 157 Å². The summed E-state index contributed by atoms with van der Waals surface area (Å²) < 4.78 is 0. The number of non-ortho nitro benzene ring substituents is 1. The van der Waals surface area contributed by atoms with Crippen LogP contribution in [0.3, 0.4) is 0 Å². The van der Waals surface area contributed by atoms with Gasteiger partial charge in [-0.3, -0.25) is 19.7 Å². The average Bonchev–Trinajstić information content (AvgIpc) is 3.01. The van der Waals surface area contributed by atoms with Crippen molar-refractivity contribution in [2.45, 2.75) is 27.2 Å². The lowest BCUT2D eigenvalue weighted by Gasteiger charge is -2.18. The predicted molar refractivity (Wildman–Crippen MR) is 103 cm³/mol. The highest BCUT2D eigenvalue weighted by atomic mass is 16.6. The highest BCUT2D eigenvalue weighted by Gasteiger charge is 2.35. The van der Waals surface area contributed by atoms with Gasteiger partial charge in [0.05, 0.1) is 10.8 Å². The van der Waals surface area contributed by atoms with E-state index in [1.54, 1.807) is 11.8 Å². The molecule has 1 atom stereocenters. The molecule has 0 saturated carbocycles. The predicted octanol–water partition coefficient (Wildman–Crippen LogP) is 3.51. The van der Waals surface area contributed by atoms with Crippen LogP contribution in [0.2, 0.25) is 0 Å². The van der Waals surface area contributed by atoms with Gasteiger partial charge in [-0.15, -0.1) is 0 Å². The van der Waals surface area contributed by atoms with Crippen LogP contribution in [-0.2, 0) is 9.59 Å². The Bertz CT molecular complexity index is 939. The molecule has 0 radical (unpaired) electrons. The van der Waals surface area contributed by atoms with E-state index in [9.17, 15) is 19.7 Å². The number of benzene rings is 2. The van der Waals surface area contributed by atoms with Crippen LogP contribution in [0.25, 0.3) is 0 Å². The van der Waals surface area contributed by atoms with Gasteiger partial charge in [-0.05, 0) is 55.7 Å². The van der Waals surface area contributed by atoms with Gasteiger partial charge in [0.2, 0.25) is 11.8 Å². The molecule has 27 heavy (non-hydrogen) atoms. The second-order valence-corrected chi connectivity index (χ2v) is 6.92. The first-order valence-corrected chi connectivity index (χ1v) is 8.70. The molecular weight excluding hydrogens is 346 g/mol. The molecule has 1 saturated heterocycles. The van der Waals surface area contributed by atoms with Crippen LogP contribution in [0.1, 0.15) is 23.1 Å². The molecule has 1 aliphatic rings. The second-order valence-electron chi connectivity index (χ2n) is 6.92. The summed E-state index contributed by atoms with van der Waals surface area (Å²) in [6.07, 6.45) is 0.144. The summed E-state index contributed by atoms with van der Waals surface area (Å²) in [5, 5.41) is 13.6. The molecule has 0 spiro atoms. The third kappa shape index (κ3) is 3.81. The van der Waals surface area contributed by atoms with E-state index in [1.807, 2.05) is 32.0 Å². The Morgan fingerprint density at radius 1 is 1.11 bits per heavy atom. The van der Waals surface area contributed by atoms with Crippen molar-refractivity contribution in [2.24, 2.45) is 5.92 Å². The number of nitro groups is 1. The first kappa shape index (κ1) is 18.6. The maximum Gasteiger partial charge on any atom is 0.269 e. The maximum absolute atomic E-state index is 12.6. The maximum atomic E-state index is 12.6. The summed E-state index contributed by atoms with van der Waals surface area (Å²) >= 11 is 0. The quantitative estimate of drug-likeness (QED) is 0.661. The number of nitrogens with zero attached hydrogens (tertiary/aromatic N) is 2. The molecule has 0 unspecified atom stereocenters. The van der Waals surface area contributed by atoms with Crippen molar-refractivity contribution < 1.29 is 14.5 Å². The molecular formula is C20H21N3O4. The van der Waals surface area contributed by atoms with E-state index in [1.165, 1.54) is 18.2 Å². The third-order valence-electron chi connectivity index (χ3n) is 4.98. The van der Waals surface area contributed by atoms with Crippen LogP contribution in [0, 0.1) is 36.8 Å². The molecule has 2 amide bonds. The minimum Gasteiger partial charge on any atom is -0.326 e. The van der Waals surface area contributed by atoms with Gasteiger partial charge in [0.15, 0.2) is 0 Å². The lowest BCUT2D eigenvalue weighted by molar-refractivity contribution is -0.384. The summed E-state index contributed by atoms with van der Waals surface area (Å²) in [5.41, 5.74) is 4.13. The van der Waals surface area contributed by atoms with Crippen molar-refractivity contribution >= 4 is 28.9 Å². The van der Waals surface area contributed by atoms with Crippen molar-refractivity contribution in [2.75, 3.05) is 16.8 Å².